The first-order valence-electron chi connectivity index (χ1n) is 11.8. The number of anilines is 1. The molecule has 2 heterocycles. The molecule has 3 aromatic rings. The number of aryl methyl sites for hydroxylation is 1. The highest BCUT2D eigenvalue weighted by Crippen LogP contribution is 2.33. The van der Waals surface area contributed by atoms with Crippen molar-refractivity contribution in [3.05, 3.63) is 82.9 Å². The number of rotatable bonds is 6. The average Bonchev–Trinajstić information content (AvgIpc) is 3.34. The summed E-state index contributed by atoms with van der Waals surface area (Å²) in [5.74, 6) is 6.00. The van der Waals surface area contributed by atoms with E-state index in [1.54, 1.807) is 18.3 Å². The lowest BCUT2D eigenvalue weighted by Gasteiger charge is -2.40. The fourth-order valence-corrected chi connectivity index (χ4v) is 4.37. The lowest BCUT2D eigenvalue weighted by Crippen LogP contribution is -2.40. The standard InChI is InChI=1S/C28H31FN4O/c1-28(2)14-4-16-33(20-28)26-13-10-24(27(34)30-15-3-5-22-18-31-32-19-22)17-23(26)9-6-21-7-11-25(29)12-8-21/h7-8,10-13,17-19H,3-5,14-16,20H2,1-2H3,(H,30,34)(H,31,32). The Kier molecular flexibility index (Phi) is 7.32. The van der Waals surface area contributed by atoms with Gasteiger partial charge in [0.15, 0.2) is 0 Å². The highest BCUT2D eigenvalue weighted by atomic mass is 19.1. The van der Waals surface area contributed by atoms with E-state index in [0.717, 1.165) is 54.7 Å². The molecule has 0 atom stereocenters. The minimum atomic E-state index is -0.284. The zero-order valence-electron chi connectivity index (χ0n) is 19.8. The molecule has 176 valence electrons. The van der Waals surface area contributed by atoms with Crippen molar-refractivity contribution in [2.24, 2.45) is 5.41 Å². The van der Waals surface area contributed by atoms with Gasteiger partial charge in [0.2, 0.25) is 0 Å². The van der Waals surface area contributed by atoms with Crippen LogP contribution in [0.3, 0.4) is 0 Å². The summed E-state index contributed by atoms with van der Waals surface area (Å²) in [6.45, 7) is 7.07. The molecule has 0 spiro atoms. The summed E-state index contributed by atoms with van der Waals surface area (Å²) in [5, 5.41) is 9.75. The molecule has 34 heavy (non-hydrogen) atoms. The van der Waals surface area contributed by atoms with Crippen molar-refractivity contribution in [2.45, 2.75) is 39.5 Å². The van der Waals surface area contributed by atoms with Gasteiger partial charge in [-0.2, -0.15) is 5.10 Å². The molecule has 1 aliphatic rings. The number of piperidine rings is 1. The van der Waals surface area contributed by atoms with Gasteiger partial charge in [-0.15, -0.1) is 0 Å². The van der Waals surface area contributed by atoms with Gasteiger partial charge in [0, 0.05) is 42.5 Å². The van der Waals surface area contributed by atoms with E-state index in [9.17, 15) is 9.18 Å². The zero-order valence-corrected chi connectivity index (χ0v) is 19.8. The predicted molar refractivity (Wildman–Crippen MR) is 133 cm³/mol. The Hall–Kier alpha value is -3.59. The number of halogens is 1. The second-order valence-corrected chi connectivity index (χ2v) is 9.64. The molecule has 6 heteroatoms. The minimum absolute atomic E-state index is 0.109. The fourth-order valence-electron chi connectivity index (χ4n) is 4.37. The van der Waals surface area contributed by atoms with Gasteiger partial charge in [-0.1, -0.05) is 25.7 Å². The van der Waals surface area contributed by atoms with Crippen LogP contribution in [0.25, 0.3) is 0 Å². The van der Waals surface area contributed by atoms with E-state index in [1.165, 1.54) is 18.6 Å². The molecule has 1 aromatic heterocycles. The maximum atomic E-state index is 13.3. The number of carbonyl (C=O) groups is 1. The summed E-state index contributed by atoms with van der Waals surface area (Å²) in [4.78, 5) is 15.2. The molecular formula is C28H31FN4O. The first-order chi connectivity index (χ1) is 16.4. The number of carbonyl (C=O) groups excluding carboxylic acids is 1. The number of nitrogens with zero attached hydrogens (tertiary/aromatic N) is 2. The molecule has 4 rings (SSSR count). The second-order valence-electron chi connectivity index (χ2n) is 9.64. The summed E-state index contributed by atoms with van der Waals surface area (Å²) in [6.07, 6.45) is 7.68. The molecule has 0 saturated carbocycles. The van der Waals surface area contributed by atoms with Crippen molar-refractivity contribution < 1.29 is 9.18 Å². The lowest BCUT2D eigenvalue weighted by atomic mass is 9.83. The van der Waals surface area contributed by atoms with Gasteiger partial charge in [0.25, 0.3) is 5.91 Å². The Morgan fingerprint density at radius 3 is 2.76 bits per heavy atom. The van der Waals surface area contributed by atoms with E-state index in [-0.39, 0.29) is 17.1 Å². The number of hydrogen-bond acceptors (Lipinski definition) is 3. The molecule has 0 unspecified atom stereocenters. The monoisotopic (exact) mass is 458 g/mol. The van der Waals surface area contributed by atoms with Crippen LogP contribution in [0.4, 0.5) is 10.1 Å². The van der Waals surface area contributed by atoms with Gasteiger partial charge in [0.1, 0.15) is 5.82 Å². The molecule has 5 nitrogen and oxygen atoms in total. The lowest BCUT2D eigenvalue weighted by molar-refractivity contribution is 0.0953. The van der Waals surface area contributed by atoms with Gasteiger partial charge in [-0.05, 0) is 79.1 Å². The molecular weight excluding hydrogens is 427 g/mol. The van der Waals surface area contributed by atoms with E-state index in [1.807, 2.05) is 24.4 Å². The Morgan fingerprint density at radius 1 is 1.21 bits per heavy atom. The smallest absolute Gasteiger partial charge is 0.251 e. The number of aromatic nitrogens is 2. The van der Waals surface area contributed by atoms with Crippen molar-refractivity contribution >= 4 is 11.6 Å². The number of hydrogen-bond donors (Lipinski definition) is 2. The molecule has 1 aliphatic heterocycles. The third-order valence-corrected chi connectivity index (χ3v) is 6.17. The largest absolute Gasteiger partial charge is 0.370 e. The maximum Gasteiger partial charge on any atom is 0.251 e. The van der Waals surface area contributed by atoms with Crippen LogP contribution in [0, 0.1) is 23.1 Å². The number of benzene rings is 2. The summed E-state index contributed by atoms with van der Waals surface area (Å²) < 4.78 is 13.3. The summed E-state index contributed by atoms with van der Waals surface area (Å²) >= 11 is 0. The van der Waals surface area contributed by atoms with E-state index < -0.39 is 0 Å². The van der Waals surface area contributed by atoms with Crippen LogP contribution in [0.15, 0.2) is 54.9 Å². The zero-order chi connectivity index (χ0) is 24.0. The molecule has 0 aliphatic carbocycles. The van der Waals surface area contributed by atoms with Crippen LogP contribution >= 0.6 is 0 Å². The highest BCUT2D eigenvalue weighted by molar-refractivity contribution is 5.95. The van der Waals surface area contributed by atoms with Crippen molar-refractivity contribution in [2.75, 3.05) is 24.5 Å². The van der Waals surface area contributed by atoms with E-state index in [0.29, 0.717) is 12.1 Å². The minimum Gasteiger partial charge on any atom is -0.370 e. The van der Waals surface area contributed by atoms with Gasteiger partial charge < -0.3 is 10.2 Å². The van der Waals surface area contributed by atoms with Crippen molar-refractivity contribution in [3.63, 3.8) is 0 Å². The maximum absolute atomic E-state index is 13.3. The Bertz CT molecular complexity index is 1170. The second kappa shape index (κ2) is 10.6. The molecule has 1 amide bonds. The normalized spacial score (nSPS) is 14.9. The van der Waals surface area contributed by atoms with Gasteiger partial charge in [-0.3, -0.25) is 9.89 Å². The topological polar surface area (TPSA) is 61.0 Å². The average molecular weight is 459 g/mol. The predicted octanol–water partition coefficient (Wildman–Crippen LogP) is 4.94. The summed E-state index contributed by atoms with van der Waals surface area (Å²) in [7, 11) is 0. The van der Waals surface area contributed by atoms with Crippen LogP contribution in [-0.2, 0) is 6.42 Å². The first-order valence-corrected chi connectivity index (χ1v) is 11.8. The van der Waals surface area contributed by atoms with Crippen molar-refractivity contribution in [1.29, 1.82) is 0 Å². The number of nitrogens with one attached hydrogen (secondary N) is 2. The summed E-state index contributed by atoms with van der Waals surface area (Å²) in [5.41, 5.74) is 4.53. The molecule has 0 radical (unpaired) electrons. The molecule has 2 N–H and O–H groups in total. The van der Waals surface area contributed by atoms with Gasteiger partial charge in [0.05, 0.1) is 11.9 Å². The van der Waals surface area contributed by atoms with Gasteiger partial charge in [-0.25, -0.2) is 4.39 Å². The van der Waals surface area contributed by atoms with Crippen molar-refractivity contribution in [1.82, 2.24) is 15.5 Å². The first kappa shape index (κ1) is 23.6. The van der Waals surface area contributed by atoms with E-state index in [4.69, 9.17) is 0 Å². The van der Waals surface area contributed by atoms with E-state index >= 15 is 0 Å². The molecule has 1 fully saturated rings. The van der Waals surface area contributed by atoms with Crippen LogP contribution in [0.2, 0.25) is 0 Å². The Morgan fingerprint density at radius 2 is 2.03 bits per heavy atom. The quantitative estimate of drug-likeness (QED) is 0.406. The van der Waals surface area contributed by atoms with Crippen LogP contribution in [0.5, 0.6) is 0 Å². The number of H-pyrrole nitrogens is 1. The Balaban J connectivity index is 1.53. The highest BCUT2D eigenvalue weighted by Gasteiger charge is 2.27. The third kappa shape index (κ3) is 6.26. The van der Waals surface area contributed by atoms with Crippen LogP contribution in [-0.4, -0.2) is 35.7 Å². The SMILES string of the molecule is CC1(C)CCCN(c2ccc(C(=O)NCCCc3cn[nH]c3)cc2C#Cc2ccc(F)cc2)C1. The molecule has 2 aromatic carbocycles. The van der Waals surface area contributed by atoms with Crippen LogP contribution < -0.4 is 10.2 Å². The third-order valence-electron chi connectivity index (χ3n) is 6.17. The van der Waals surface area contributed by atoms with Crippen molar-refractivity contribution in [3.8, 4) is 11.8 Å². The Labute approximate surface area is 200 Å². The fraction of sp³-hybridized carbons (Fsp3) is 0.357. The van der Waals surface area contributed by atoms with Crippen LogP contribution in [0.1, 0.15) is 60.2 Å². The summed E-state index contributed by atoms with van der Waals surface area (Å²) in [6, 6.07) is 11.9. The number of amides is 1. The van der Waals surface area contributed by atoms with E-state index in [2.05, 4.69) is 46.1 Å². The molecule has 1 saturated heterocycles. The number of aromatic amines is 1. The molecule has 0 bridgehead atoms. The van der Waals surface area contributed by atoms with Gasteiger partial charge >= 0.3 is 0 Å².